The maximum absolute atomic E-state index is 6.33. The molecule has 128 valence electrons. The van der Waals surface area contributed by atoms with E-state index in [0.717, 1.165) is 59.0 Å². The molecule has 3 aliphatic heterocycles. The summed E-state index contributed by atoms with van der Waals surface area (Å²) in [6.45, 7) is 6.28. The van der Waals surface area contributed by atoms with Gasteiger partial charge in [-0.1, -0.05) is 0 Å². The Hall–Kier alpha value is -0.950. The molecular formula is C17H27N3O3. The van der Waals surface area contributed by atoms with Gasteiger partial charge in [0.15, 0.2) is 0 Å². The number of aromatic nitrogens is 2. The van der Waals surface area contributed by atoms with Gasteiger partial charge < -0.3 is 14.2 Å². The maximum atomic E-state index is 6.33. The molecule has 3 fully saturated rings. The Kier molecular flexibility index (Phi) is 4.66. The van der Waals surface area contributed by atoms with E-state index in [-0.39, 0.29) is 0 Å². The van der Waals surface area contributed by atoms with Crippen molar-refractivity contribution in [1.82, 2.24) is 14.7 Å². The molecule has 0 N–H and O–H groups in total. The molecule has 3 aliphatic rings. The van der Waals surface area contributed by atoms with Gasteiger partial charge in [-0.25, -0.2) is 0 Å². The second-order valence-corrected chi connectivity index (χ2v) is 7.15. The van der Waals surface area contributed by atoms with Crippen LogP contribution in [-0.4, -0.2) is 66.4 Å². The highest BCUT2D eigenvalue weighted by Gasteiger charge is 2.46. The quantitative estimate of drug-likeness (QED) is 0.812. The van der Waals surface area contributed by atoms with Crippen LogP contribution in [0.1, 0.15) is 18.4 Å². The third kappa shape index (κ3) is 3.45. The number of hydrogen-bond acceptors (Lipinski definition) is 5. The van der Waals surface area contributed by atoms with E-state index in [1.807, 2.05) is 17.9 Å². The van der Waals surface area contributed by atoms with Crippen LogP contribution in [0.2, 0.25) is 0 Å². The normalized spacial score (nSPS) is 32.5. The fourth-order valence-corrected chi connectivity index (χ4v) is 4.11. The van der Waals surface area contributed by atoms with Crippen molar-refractivity contribution in [3.63, 3.8) is 0 Å². The summed E-state index contributed by atoms with van der Waals surface area (Å²) in [4.78, 5) is 2.52. The molecule has 6 nitrogen and oxygen atoms in total. The third-order valence-corrected chi connectivity index (χ3v) is 5.49. The monoisotopic (exact) mass is 321 g/mol. The summed E-state index contributed by atoms with van der Waals surface area (Å²) < 4.78 is 19.4. The second-order valence-electron chi connectivity index (χ2n) is 7.15. The summed E-state index contributed by atoms with van der Waals surface area (Å²) in [5.74, 6) is 1.18. The first kappa shape index (κ1) is 15.6. The van der Waals surface area contributed by atoms with Crippen LogP contribution < -0.4 is 0 Å². The summed E-state index contributed by atoms with van der Waals surface area (Å²) in [7, 11) is 1.97. The van der Waals surface area contributed by atoms with Gasteiger partial charge in [0.1, 0.15) is 0 Å². The molecule has 1 aromatic rings. The molecule has 0 amide bonds. The van der Waals surface area contributed by atoms with Crippen LogP contribution in [0.15, 0.2) is 12.4 Å². The van der Waals surface area contributed by atoms with E-state index >= 15 is 0 Å². The zero-order chi connectivity index (χ0) is 15.6. The molecule has 6 heteroatoms. The van der Waals surface area contributed by atoms with Gasteiger partial charge >= 0.3 is 0 Å². The molecule has 0 unspecified atom stereocenters. The lowest BCUT2D eigenvalue weighted by atomic mass is 10.00. The van der Waals surface area contributed by atoms with Crippen molar-refractivity contribution in [3.8, 4) is 0 Å². The van der Waals surface area contributed by atoms with Gasteiger partial charge in [-0.15, -0.1) is 0 Å². The Morgan fingerprint density at radius 2 is 2.13 bits per heavy atom. The summed E-state index contributed by atoms with van der Waals surface area (Å²) >= 11 is 0. The molecule has 0 spiro atoms. The largest absolute Gasteiger partial charge is 0.381 e. The molecule has 3 saturated heterocycles. The standard InChI is InChI=1S/C17H27N3O3/c1-19-7-14(6-18-19)8-20-9-17(15-11-22-12-16(15)20)23-10-13-2-4-21-5-3-13/h6-7,13,15-17H,2-5,8-12H2,1H3/t15-,16+,17-/m1/s1. The Balaban J connectivity index is 1.34. The molecule has 0 saturated carbocycles. The lowest BCUT2D eigenvalue weighted by Crippen LogP contribution is -2.32. The van der Waals surface area contributed by atoms with E-state index in [1.165, 1.54) is 5.56 Å². The predicted octanol–water partition coefficient (Wildman–Crippen LogP) is 1.06. The molecule has 4 rings (SSSR count). The molecule has 23 heavy (non-hydrogen) atoms. The van der Waals surface area contributed by atoms with Gasteiger partial charge in [-0.3, -0.25) is 9.58 Å². The maximum Gasteiger partial charge on any atom is 0.0768 e. The number of rotatable bonds is 5. The zero-order valence-electron chi connectivity index (χ0n) is 13.9. The highest BCUT2D eigenvalue weighted by Crippen LogP contribution is 2.33. The van der Waals surface area contributed by atoms with Crippen molar-refractivity contribution in [2.24, 2.45) is 18.9 Å². The summed E-state index contributed by atoms with van der Waals surface area (Å²) in [6, 6.07) is 0.495. The molecule has 0 aliphatic carbocycles. The van der Waals surface area contributed by atoms with Crippen molar-refractivity contribution >= 4 is 0 Å². The van der Waals surface area contributed by atoms with E-state index in [0.29, 0.717) is 24.0 Å². The average Bonchev–Trinajstić information content (AvgIpc) is 3.26. The fraction of sp³-hybridized carbons (Fsp3) is 0.824. The van der Waals surface area contributed by atoms with Crippen molar-refractivity contribution in [2.75, 3.05) is 39.6 Å². The number of fused-ring (bicyclic) bond motifs is 1. The van der Waals surface area contributed by atoms with Crippen LogP contribution in [0.5, 0.6) is 0 Å². The predicted molar refractivity (Wildman–Crippen MR) is 85.0 cm³/mol. The Labute approximate surface area is 137 Å². The lowest BCUT2D eigenvalue weighted by Gasteiger charge is -2.25. The minimum Gasteiger partial charge on any atom is -0.381 e. The summed E-state index contributed by atoms with van der Waals surface area (Å²) in [6.07, 6.45) is 6.64. The zero-order valence-corrected chi connectivity index (χ0v) is 13.9. The van der Waals surface area contributed by atoms with Crippen molar-refractivity contribution < 1.29 is 14.2 Å². The average molecular weight is 321 g/mol. The Bertz CT molecular complexity index is 515. The highest BCUT2D eigenvalue weighted by atomic mass is 16.5. The van der Waals surface area contributed by atoms with Crippen molar-refractivity contribution in [2.45, 2.75) is 31.5 Å². The van der Waals surface area contributed by atoms with E-state index in [4.69, 9.17) is 14.2 Å². The van der Waals surface area contributed by atoms with E-state index in [2.05, 4.69) is 16.2 Å². The lowest BCUT2D eigenvalue weighted by molar-refractivity contribution is -0.0259. The van der Waals surface area contributed by atoms with Crippen LogP contribution in [0.25, 0.3) is 0 Å². The smallest absolute Gasteiger partial charge is 0.0768 e. The molecule has 0 radical (unpaired) electrons. The van der Waals surface area contributed by atoms with Gasteiger partial charge in [-0.2, -0.15) is 5.10 Å². The number of ether oxygens (including phenoxy) is 3. The summed E-state index contributed by atoms with van der Waals surface area (Å²) in [5.41, 5.74) is 1.27. The number of nitrogens with zero attached hydrogens (tertiary/aromatic N) is 3. The number of likely N-dealkylation sites (tertiary alicyclic amines) is 1. The fourth-order valence-electron chi connectivity index (χ4n) is 4.11. The van der Waals surface area contributed by atoms with Crippen molar-refractivity contribution in [3.05, 3.63) is 18.0 Å². The Morgan fingerprint density at radius 3 is 2.91 bits per heavy atom. The first-order valence-electron chi connectivity index (χ1n) is 8.78. The second kappa shape index (κ2) is 6.89. The van der Waals surface area contributed by atoms with Crippen LogP contribution >= 0.6 is 0 Å². The van der Waals surface area contributed by atoms with E-state index in [1.54, 1.807) is 0 Å². The SMILES string of the molecule is Cn1cc(CN2C[C@@H](OCC3CCOCC3)[C@@H]3COC[C@@H]32)cn1. The first-order chi connectivity index (χ1) is 11.3. The van der Waals surface area contributed by atoms with Crippen LogP contribution in [0.3, 0.4) is 0 Å². The molecule has 1 aromatic heterocycles. The molecule has 0 aromatic carbocycles. The minimum atomic E-state index is 0.307. The highest BCUT2D eigenvalue weighted by molar-refractivity contribution is 5.07. The molecular weight excluding hydrogens is 294 g/mol. The summed E-state index contributed by atoms with van der Waals surface area (Å²) in [5, 5.41) is 4.28. The van der Waals surface area contributed by atoms with Crippen LogP contribution in [0, 0.1) is 11.8 Å². The van der Waals surface area contributed by atoms with Gasteiger partial charge in [0.2, 0.25) is 0 Å². The van der Waals surface area contributed by atoms with Gasteiger partial charge in [-0.05, 0) is 18.8 Å². The Morgan fingerprint density at radius 1 is 1.26 bits per heavy atom. The van der Waals surface area contributed by atoms with E-state index in [9.17, 15) is 0 Å². The van der Waals surface area contributed by atoms with Gasteiger partial charge in [0, 0.05) is 57.1 Å². The first-order valence-corrected chi connectivity index (χ1v) is 8.78. The topological polar surface area (TPSA) is 48.8 Å². The van der Waals surface area contributed by atoms with Gasteiger partial charge in [0.05, 0.1) is 32.1 Å². The van der Waals surface area contributed by atoms with Crippen LogP contribution in [0.4, 0.5) is 0 Å². The number of hydrogen-bond donors (Lipinski definition) is 0. The van der Waals surface area contributed by atoms with Crippen LogP contribution in [-0.2, 0) is 27.8 Å². The minimum absolute atomic E-state index is 0.307. The molecule has 3 atom stereocenters. The molecule has 4 heterocycles. The van der Waals surface area contributed by atoms with Gasteiger partial charge in [0.25, 0.3) is 0 Å². The number of aryl methyl sites for hydroxylation is 1. The van der Waals surface area contributed by atoms with E-state index < -0.39 is 0 Å². The third-order valence-electron chi connectivity index (χ3n) is 5.49. The molecule has 0 bridgehead atoms. The van der Waals surface area contributed by atoms with Crippen molar-refractivity contribution in [1.29, 1.82) is 0 Å².